The molecule has 6 nitrogen and oxygen atoms in total. The van der Waals surface area contributed by atoms with Gasteiger partial charge in [-0.25, -0.2) is 4.98 Å². The van der Waals surface area contributed by atoms with E-state index in [4.69, 9.17) is 16.6 Å². The van der Waals surface area contributed by atoms with Gasteiger partial charge in [-0.05, 0) is 38.1 Å². The van der Waals surface area contributed by atoms with Gasteiger partial charge in [0.25, 0.3) is 5.91 Å². The lowest BCUT2D eigenvalue weighted by Gasteiger charge is -2.34. The van der Waals surface area contributed by atoms with Gasteiger partial charge in [-0.1, -0.05) is 29.3 Å². The highest BCUT2D eigenvalue weighted by atomic mass is 35.5. The van der Waals surface area contributed by atoms with Gasteiger partial charge in [0, 0.05) is 43.6 Å². The normalized spacial score (nSPS) is 14.2. The topological polar surface area (TPSA) is 61.4 Å². The molecule has 29 heavy (non-hydrogen) atoms. The predicted octanol–water partition coefficient (Wildman–Crippen LogP) is 4.51. The van der Waals surface area contributed by atoms with Crippen molar-refractivity contribution in [2.24, 2.45) is 0 Å². The highest BCUT2D eigenvalue weighted by molar-refractivity contribution is 7.17. The predicted molar refractivity (Wildman–Crippen MR) is 119 cm³/mol. The lowest BCUT2D eigenvalue weighted by Crippen LogP contribution is -2.49. The molecule has 1 aliphatic rings. The van der Waals surface area contributed by atoms with Gasteiger partial charge < -0.3 is 15.1 Å². The lowest BCUT2D eigenvalue weighted by atomic mass is 10.2. The van der Waals surface area contributed by atoms with Crippen molar-refractivity contribution in [3.8, 4) is 0 Å². The van der Waals surface area contributed by atoms with Crippen LogP contribution in [0.15, 0.2) is 42.5 Å². The first-order valence-corrected chi connectivity index (χ1v) is 10.7. The van der Waals surface area contributed by atoms with E-state index in [0.29, 0.717) is 41.3 Å². The molecule has 0 spiro atoms. The van der Waals surface area contributed by atoms with Crippen molar-refractivity contribution in [1.29, 1.82) is 0 Å². The smallest absolute Gasteiger partial charge is 0.264 e. The molecule has 3 aromatic rings. The molecular weight excluding hydrogens is 406 g/mol. The third-order valence-corrected chi connectivity index (χ3v) is 6.02. The molecule has 1 aromatic carbocycles. The number of nitrogens with zero attached hydrogens (tertiary/aromatic N) is 4. The van der Waals surface area contributed by atoms with Crippen LogP contribution in [0.1, 0.15) is 20.9 Å². The number of rotatable bonds is 4. The molecule has 0 radical (unpaired) electrons. The molecule has 150 valence electrons. The molecule has 0 bridgehead atoms. The van der Waals surface area contributed by atoms with E-state index < -0.39 is 0 Å². The Hall–Kier alpha value is -2.64. The second-order valence-electron chi connectivity index (χ2n) is 7.07. The SMILES string of the molecule is Cc1ccc(Nc2cc(C)nc(N3CCN(C(=O)c4ccc(Cl)s4)CC3)n2)cc1. The first-order valence-electron chi connectivity index (χ1n) is 9.47. The Morgan fingerprint density at radius 3 is 2.41 bits per heavy atom. The Morgan fingerprint density at radius 1 is 1.03 bits per heavy atom. The van der Waals surface area contributed by atoms with Crippen LogP contribution in [0.5, 0.6) is 0 Å². The van der Waals surface area contributed by atoms with E-state index >= 15 is 0 Å². The zero-order chi connectivity index (χ0) is 20.4. The number of aryl methyl sites for hydroxylation is 2. The van der Waals surface area contributed by atoms with Gasteiger partial charge in [0.2, 0.25) is 5.95 Å². The highest BCUT2D eigenvalue weighted by Gasteiger charge is 2.24. The number of thiophene rings is 1. The summed E-state index contributed by atoms with van der Waals surface area (Å²) in [5.41, 5.74) is 3.10. The molecule has 0 unspecified atom stereocenters. The Balaban J connectivity index is 1.43. The summed E-state index contributed by atoms with van der Waals surface area (Å²) in [4.78, 5) is 26.6. The molecule has 1 amide bonds. The first-order chi connectivity index (χ1) is 14.0. The van der Waals surface area contributed by atoms with Gasteiger partial charge in [0.1, 0.15) is 5.82 Å². The van der Waals surface area contributed by atoms with Crippen LogP contribution in [0.3, 0.4) is 0 Å². The quantitative estimate of drug-likeness (QED) is 0.663. The van der Waals surface area contributed by atoms with E-state index in [0.717, 1.165) is 17.2 Å². The fourth-order valence-corrected chi connectivity index (χ4v) is 4.25. The summed E-state index contributed by atoms with van der Waals surface area (Å²) < 4.78 is 0.633. The van der Waals surface area contributed by atoms with Crippen molar-refractivity contribution in [2.45, 2.75) is 13.8 Å². The van der Waals surface area contributed by atoms with Crippen LogP contribution in [0.4, 0.5) is 17.5 Å². The Bertz CT molecular complexity index is 1010. The fourth-order valence-electron chi connectivity index (χ4n) is 3.24. The number of piperazine rings is 1. The summed E-state index contributed by atoms with van der Waals surface area (Å²) in [5, 5.41) is 3.35. The van der Waals surface area contributed by atoms with Gasteiger partial charge >= 0.3 is 0 Å². The van der Waals surface area contributed by atoms with Crippen LogP contribution < -0.4 is 10.2 Å². The van der Waals surface area contributed by atoms with Crippen molar-refractivity contribution in [1.82, 2.24) is 14.9 Å². The molecule has 4 rings (SSSR count). The zero-order valence-corrected chi connectivity index (χ0v) is 17.9. The van der Waals surface area contributed by atoms with Gasteiger partial charge in [0.05, 0.1) is 9.21 Å². The summed E-state index contributed by atoms with van der Waals surface area (Å²) in [7, 11) is 0. The van der Waals surface area contributed by atoms with Crippen LogP contribution in [0, 0.1) is 13.8 Å². The summed E-state index contributed by atoms with van der Waals surface area (Å²) in [5.74, 6) is 1.49. The molecule has 8 heteroatoms. The number of carbonyl (C=O) groups is 1. The average molecular weight is 428 g/mol. The van der Waals surface area contributed by atoms with E-state index in [1.54, 1.807) is 12.1 Å². The summed E-state index contributed by atoms with van der Waals surface area (Å²) in [6.45, 7) is 6.68. The van der Waals surface area contributed by atoms with Gasteiger partial charge in [-0.3, -0.25) is 4.79 Å². The minimum atomic E-state index is 0.0356. The molecule has 1 fully saturated rings. The first kappa shape index (κ1) is 19.7. The van der Waals surface area contributed by atoms with E-state index in [-0.39, 0.29) is 5.91 Å². The summed E-state index contributed by atoms with van der Waals surface area (Å²) in [6, 6.07) is 13.7. The standard InChI is InChI=1S/C21H22ClN5OS/c1-14-3-5-16(6-4-14)24-19-13-15(2)23-21(25-19)27-11-9-26(10-12-27)20(28)17-7-8-18(22)29-17/h3-8,13H,9-12H2,1-2H3,(H,23,24,25). The number of hydrogen-bond acceptors (Lipinski definition) is 6. The fraction of sp³-hybridized carbons (Fsp3) is 0.286. The second kappa shape index (κ2) is 8.39. The number of anilines is 3. The maximum Gasteiger partial charge on any atom is 0.264 e. The highest BCUT2D eigenvalue weighted by Crippen LogP contribution is 2.24. The van der Waals surface area contributed by atoms with Gasteiger partial charge in [-0.15, -0.1) is 11.3 Å². The molecule has 1 aliphatic heterocycles. The molecule has 1 N–H and O–H groups in total. The number of carbonyl (C=O) groups excluding carboxylic acids is 1. The van der Waals surface area contributed by atoms with Crippen LogP contribution in [-0.2, 0) is 0 Å². The molecular formula is C21H22ClN5OS. The minimum Gasteiger partial charge on any atom is -0.340 e. The van der Waals surface area contributed by atoms with E-state index in [1.165, 1.54) is 16.9 Å². The number of halogens is 1. The number of nitrogens with one attached hydrogen (secondary N) is 1. The molecule has 3 heterocycles. The Morgan fingerprint density at radius 2 is 1.76 bits per heavy atom. The second-order valence-corrected chi connectivity index (χ2v) is 8.78. The van der Waals surface area contributed by atoms with Crippen molar-refractivity contribution in [2.75, 3.05) is 36.4 Å². The van der Waals surface area contributed by atoms with Crippen molar-refractivity contribution < 1.29 is 4.79 Å². The number of aromatic nitrogens is 2. The van der Waals surface area contributed by atoms with Crippen molar-refractivity contribution in [3.05, 3.63) is 62.9 Å². The van der Waals surface area contributed by atoms with Crippen molar-refractivity contribution in [3.63, 3.8) is 0 Å². The zero-order valence-electron chi connectivity index (χ0n) is 16.4. The van der Waals surface area contributed by atoms with Gasteiger partial charge in [-0.2, -0.15) is 4.98 Å². The molecule has 0 saturated carbocycles. The van der Waals surface area contributed by atoms with Crippen LogP contribution in [0.25, 0.3) is 0 Å². The van der Waals surface area contributed by atoms with Gasteiger partial charge in [0.15, 0.2) is 0 Å². The van der Waals surface area contributed by atoms with E-state index in [1.807, 2.05) is 30.0 Å². The molecule has 2 aromatic heterocycles. The van der Waals surface area contributed by atoms with E-state index in [2.05, 4.69) is 34.3 Å². The largest absolute Gasteiger partial charge is 0.340 e. The average Bonchev–Trinajstić information content (AvgIpc) is 3.15. The Labute approximate surface area is 179 Å². The number of benzene rings is 1. The third-order valence-electron chi connectivity index (χ3n) is 4.80. The van der Waals surface area contributed by atoms with Crippen LogP contribution in [0.2, 0.25) is 4.34 Å². The van der Waals surface area contributed by atoms with Crippen molar-refractivity contribution >= 4 is 46.3 Å². The number of amides is 1. The summed E-state index contributed by atoms with van der Waals surface area (Å²) in [6.07, 6.45) is 0. The maximum atomic E-state index is 12.6. The Kier molecular flexibility index (Phi) is 5.69. The van der Waals surface area contributed by atoms with Crippen LogP contribution in [-0.4, -0.2) is 47.0 Å². The summed E-state index contributed by atoms with van der Waals surface area (Å²) >= 11 is 7.28. The lowest BCUT2D eigenvalue weighted by molar-refractivity contribution is 0.0751. The van der Waals surface area contributed by atoms with E-state index in [9.17, 15) is 4.79 Å². The number of hydrogen-bond donors (Lipinski definition) is 1. The maximum absolute atomic E-state index is 12.6. The molecule has 1 saturated heterocycles. The molecule has 0 atom stereocenters. The third kappa shape index (κ3) is 4.68. The van der Waals surface area contributed by atoms with Crippen LogP contribution >= 0.6 is 22.9 Å². The minimum absolute atomic E-state index is 0.0356. The molecule has 0 aliphatic carbocycles. The monoisotopic (exact) mass is 427 g/mol.